The van der Waals surface area contributed by atoms with Crippen LogP contribution in [0.3, 0.4) is 0 Å². The van der Waals surface area contributed by atoms with Crippen molar-refractivity contribution in [3.05, 3.63) is 71.3 Å². The number of thioether (sulfide) groups is 1. The van der Waals surface area contributed by atoms with E-state index < -0.39 is 59.8 Å². The number of carbonyl (C=O) groups excluding carboxylic acids is 4. The summed E-state index contributed by atoms with van der Waals surface area (Å²) in [6.07, 6.45) is 2.31. The molecule has 46 heavy (non-hydrogen) atoms. The van der Waals surface area contributed by atoms with Crippen LogP contribution in [0.4, 0.5) is 4.79 Å². The number of hydrogen-bond donors (Lipinski definition) is 3. The van der Waals surface area contributed by atoms with Gasteiger partial charge in [0.15, 0.2) is 0 Å². The first-order valence-electron chi connectivity index (χ1n) is 15.6. The van der Waals surface area contributed by atoms with Gasteiger partial charge >= 0.3 is 12.1 Å². The third-order valence-corrected chi connectivity index (χ3v) is 7.42. The third kappa shape index (κ3) is 13.0. The molecule has 0 radical (unpaired) electrons. The first kappa shape index (κ1) is 38.6. The van der Waals surface area contributed by atoms with Crippen molar-refractivity contribution in [1.29, 1.82) is 0 Å². The number of carbonyl (C=O) groups is 4. The Hall–Kier alpha value is -3.57. The molecule has 0 heterocycles. The Kier molecular flexibility index (Phi) is 15.1. The van der Waals surface area contributed by atoms with Crippen molar-refractivity contribution in [3.8, 4) is 0 Å². The van der Waals surface area contributed by atoms with E-state index >= 15 is 0 Å². The second kappa shape index (κ2) is 17.9. The van der Waals surface area contributed by atoms with Crippen molar-refractivity contribution in [3.63, 3.8) is 0 Å². The summed E-state index contributed by atoms with van der Waals surface area (Å²) in [5, 5.41) is 15.6. The first-order valence-corrected chi connectivity index (χ1v) is 17.0. The van der Waals surface area contributed by atoms with E-state index in [9.17, 15) is 24.3 Å². The van der Waals surface area contributed by atoms with Gasteiger partial charge in [-0.25, -0.2) is 9.59 Å². The summed E-state index contributed by atoms with van der Waals surface area (Å²) < 4.78 is 11.1. The number of alkyl carbamates (subject to hydrolysis) is 1. The van der Waals surface area contributed by atoms with Crippen molar-refractivity contribution in [2.24, 2.45) is 0 Å². The maximum absolute atomic E-state index is 14.3. The number of benzene rings is 2. The molecule has 2 aromatic carbocycles. The minimum Gasteiger partial charge on any atom is -0.458 e. The minimum atomic E-state index is -1.23. The number of amides is 3. The highest BCUT2D eigenvalue weighted by molar-refractivity contribution is 7.98. The van der Waals surface area contributed by atoms with Gasteiger partial charge in [0.25, 0.3) is 0 Å². The number of nitrogens with zero attached hydrogens (tertiary/aromatic N) is 1. The number of rotatable bonds is 15. The van der Waals surface area contributed by atoms with Crippen LogP contribution in [0.15, 0.2) is 54.6 Å². The first-order chi connectivity index (χ1) is 21.6. The summed E-state index contributed by atoms with van der Waals surface area (Å²) >= 11 is 1.50. The molecule has 0 saturated heterocycles. The van der Waals surface area contributed by atoms with E-state index in [1.54, 1.807) is 53.7 Å². The third-order valence-electron chi connectivity index (χ3n) is 6.78. The molecule has 0 aromatic heterocycles. The average Bonchev–Trinajstić information content (AvgIpc) is 2.97. The second-order valence-electron chi connectivity index (χ2n) is 13.0. The summed E-state index contributed by atoms with van der Waals surface area (Å²) in [4.78, 5) is 56.0. The van der Waals surface area contributed by atoms with E-state index in [0.717, 1.165) is 17.5 Å². The molecule has 3 atom stereocenters. The molecule has 0 spiro atoms. The Balaban J connectivity index is 2.57. The summed E-state index contributed by atoms with van der Waals surface area (Å²) in [6, 6.07) is 13.2. The molecule has 0 aliphatic heterocycles. The lowest BCUT2D eigenvalue weighted by Crippen LogP contribution is -2.55. The van der Waals surface area contributed by atoms with Crippen molar-refractivity contribution >= 4 is 35.6 Å². The van der Waals surface area contributed by atoms with Gasteiger partial charge < -0.3 is 30.1 Å². The zero-order chi connectivity index (χ0) is 34.5. The summed E-state index contributed by atoms with van der Waals surface area (Å²) in [5.41, 5.74) is 0.733. The molecule has 0 fully saturated rings. The molecular weight excluding hydrogens is 606 g/mol. The van der Waals surface area contributed by atoms with Crippen LogP contribution in [0, 0.1) is 0 Å². The molecule has 0 saturated carbocycles. The largest absolute Gasteiger partial charge is 0.458 e. The number of nitrogens with one attached hydrogen (secondary N) is 2. The number of aliphatic hydroxyl groups excluding tert-OH is 1. The lowest BCUT2D eigenvalue weighted by atomic mass is 9.99. The number of aliphatic hydroxyl groups is 1. The van der Waals surface area contributed by atoms with Gasteiger partial charge in [-0.05, 0) is 83.1 Å². The Morgan fingerprint density at radius 2 is 1.46 bits per heavy atom. The second-order valence-corrected chi connectivity index (χ2v) is 14.0. The van der Waals surface area contributed by atoms with Crippen molar-refractivity contribution < 1.29 is 33.8 Å². The molecule has 3 N–H and O–H groups in total. The SMILES string of the molecule is CCc1ccc(C(C(=O)NC(Cc2ccccc2)C(=O)OC(C)(C)C)N(CCO)C(=O)C(CCSC)NC(=O)OC(C)(C)C)cc1. The predicted molar refractivity (Wildman–Crippen MR) is 181 cm³/mol. The van der Waals surface area contributed by atoms with Crippen molar-refractivity contribution in [1.82, 2.24) is 15.5 Å². The fraction of sp³-hybridized carbons (Fsp3) is 0.543. The lowest BCUT2D eigenvalue weighted by Gasteiger charge is -2.35. The van der Waals surface area contributed by atoms with Crippen LogP contribution in [-0.2, 0) is 36.7 Å². The normalized spacial score (nSPS) is 13.6. The van der Waals surface area contributed by atoms with E-state index in [1.165, 1.54) is 16.7 Å². The van der Waals surface area contributed by atoms with Crippen LogP contribution in [0.25, 0.3) is 0 Å². The molecular formula is C35H51N3O7S. The monoisotopic (exact) mass is 657 g/mol. The minimum absolute atomic E-state index is 0.160. The van der Waals surface area contributed by atoms with Crippen LogP contribution in [0.2, 0.25) is 0 Å². The number of ether oxygens (including phenoxy) is 2. The molecule has 0 bridgehead atoms. The fourth-order valence-electron chi connectivity index (χ4n) is 4.69. The maximum atomic E-state index is 14.3. The maximum Gasteiger partial charge on any atom is 0.408 e. The molecule has 3 amide bonds. The van der Waals surface area contributed by atoms with E-state index in [-0.39, 0.29) is 19.4 Å². The van der Waals surface area contributed by atoms with Crippen LogP contribution >= 0.6 is 11.8 Å². The van der Waals surface area contributed by atoms with Crippen LogP contribution in [-0.4, -0.2) is 82.3 Å². The van der Waals surface area contributed by atoms with Gasteiger partial charge in [0, 0.05) is 13.0 Å². The van der Waals surface area contributed by atoms with Gasteiger partial charge in [0.1, 0.15) is 29.3 Å². The Bertz CT molecular complexity index is 1270. The van der Waals surface area contributed by atoms with E-state index in [2.05, 4.69) is 10.6 Å². The lowest BCUT2D eigenvalue weighted by molar-refractivity contribution is -0.159. The fourth-order valence-corrected chi connectivity index (χ4v) is 5.16. The Labute approximate surface area is 278 Å². The van der Waals surface area contributed by atoms with Crippen LogP contribution in [0.1, 0.15) is 77.6 Å². The molecule has 2 aromatic rings. The highest BCUT2D eigenvalue weighted by Crippen LogP contribution is 2.25. The van der Waals surface area contributed by atoms with Gasteiger partial charge in [-0.3, -0.25) is 9.59 Å². The highest BCUT2D eigenvalue weighted by atomic mass is 32.2. The van der Waals surface area contributed by atoms with Gasteiger partial charge in [-0.15, -0.1) is 0 Å². The smallest absolute Gasteiger partial charge is 0.408 e. The molecule has 2 rings (SSSR count). The summed E-state index contributed by atoms with van der Waals surface area (Å²) in [5.74, 6) is -1.27. The van der Waals surface area contributed by atoms with Crippen LogP contribution in [0.5, 0.6) is 0 Å². The quantitative estimate of drug-likeness (QED) is 0.232. The highest BCUT2D eigenvalue weighted by Gasteiger charge is 2.38. The van der Waals surface area contributed by atoms with Crippen molar-refractivity contribution in [2.75, 3.05) is 25.2 Å². The summed E-state index contributed by atoms with van der Waals surface area (Å²) in [7, 11) is 0. The van der Waals surface area contributed by atoms with E-state index in [1.807, 2.05) is 55.6 Å². The molecule has 0 aliphatic rings. The molecule has 0 aliphatic carbocycles. The van der Waals surface area contributed by atoms with Crippen LogP contribution < -0.4 is 10.6 Å². The van der Waals surface area contributed by atoms with Gasteiger partial charge in [0.05, 0.1) is 6.61 Å². The molecule has 11 heteroatoms. The van der Waals surface area contributed by atoms with E-state index in [4.69, 9.17) is 9.47 Å². The summed E-state index contributed by atoms with van der Waals surface area (Å²) in [6.45, 7) is 11.8. The Morgan fingerprint density at radius 1 is 0.848 bits per heavy atom. The van der Waals surface area contributed by atoms with E-state index in [0.29, 0.717) is 11.3 Å². The Morgan fingerprint density at radius 3 is 1.98 bits per heavy atom. The standard InChI is InChI=1S/C35H51N3O7S/c1-9-24-15-17-26(18-16-24)29(30(40)36-28(32(42)44-34(2,3)4)23-25-13-11-10-12-14-25)38(20-21-39)31(41)27(19-22-46-8)37-33(43)45-35(5,6)7/h10-18,27-29,39H,9,19-23H2,1-8H3,(H,36,40)(H,37,43). The zero-order valence-corrected chi connectivity index (χ0v) is 29.2. The number of aryl methyl sites for hydroxylation is 1. The molecule has 10 nitrogen and oxygen atoms in total. The van der Waals surface area contributed by atoms with Gasteiger partial charge in [-0.1, -0.05) is 61.5 Å². The molecule has 3 unspecified atom stereocenters. The topological polar surface area (TPSA) is 134 Å². The average molecular weight is 658 g/mol. The van der Waals surface area contributed by atoms with Crippen molar-refractivity contribution in [2.45, 2.75) is 97.1 Å². The zero-order valence-electron chi connectivity index (χ0n) is 28.4. The number of esters is 1. The van der Waals surface area contributed by atoms with Gasteiger partial charge in [0.2, 0.25) is 11.8 Å². The van der Waals surface area contributed by atoms with Gasteiger partial charge in [-0.2, -0.15) is 11.8 Å². The predicted octanol–water partition coefficient (Wildman–Crippen LogP) is 4.83. The molecule has 254 valence electrons. The number of hydrogen-bond acceptors (Lipinski definition) is 8.